The lowest BCUT2D eigenvalue weighted by Gasteiger charge is -2.28. The Balaban J connectivity index is 1.28. The van der Waals surface area contributed by atoms with E-state index >= 15 is 0 Å². The van der Waals surface area contributed by atoms with Gasteiger partial charge >= 0.3 is 6.09 Å². The number of anilines is 4. The second-order valence-electron chi connectivity index (χ2n) is 13.2. The van der Waals surface area contributed by atoms with Crippen molar-refractivity contribution in [3.63, 3.8) is 0 Å². The summed E-state index contributed by atoms with van der Waals surface area (Å²) >= 11 is 0. The molecule has 1 saturated heterocycles. The molecule has 0 saturated carbocycles. The molecule has 3 amide bonds. The van der Waals surface area contributed by atoms with E-state index in [4.69, 9.17) is 14.5 Å². The lowest BCUT2D eigenvalue weighted by molar-refractivity contribution is -0.125. The Morgan fingerprint density at radius 2 is 1.92 bits per heavy atom. The van der Waals surface area contributed by atoms with Crippen molar-refractivity contribution in [3.8, 4) is 17.0 Å². The minimum absolute atomic E-state index is 0.196. The molecule has 13 heteroatoms. The van der Waals surface area contributed by atoms with Crippen LogP contribution in [0.15, 0.2) is 67.5 Å². The molecule has 1 aliphatic heterocycles. The fraction of sp³-hybridized carbons (Fsp3) is 0.378. The molecule has 0 spiro atoms. The first-order valence-electron chi connectivity index (χ1n) is 16.7. The number of hydrogen-bond acceptors (Lipinski definition) is 9. The van der Waals surface area contributed by atoms with Gasteiger partial charge in [0.2, 0.25) is 17.8 Å². The number of ether oxygens (including phenoxy) is 2. The molecular weight excluding hydrogens is 636 g/mol. The summed E-state index contributed by atoms with van der Waals surface area (Å²) in [6.45, 7) is 10.5. The highest BCUT2D eigenvalue weighted by Crippen LogP contribution is 2.38. The first-order valence-corrected chi connectivity index (χ1v) is 16.7. The number of carbonyl (C=O) groups excluding carboxylic acids is 3. The van der Waals surface area contributed by atoms with Crippen molar-refractivity contribution in [2.24, 2.45) is 7.05 Å². The van der Waals surface area contributed by atoms with Gasteiger partial charge < -0.3 is 34.9 Å². The van der Waals surface area contributed by atoms with Crippen molar-refractivity contribution in [1.29, 1.82) is 0 Å². The zero-order valence-electron chi connectivity index (χ0n) is 29.6. The predicted octanol–water partition coefficient (Wildman–Crippen LogP) is 5.85. The van der Waals surface area contributed by atoms with Crippen molar-refractivity contribution >= 4 is 51.8 Å². The van der Waals surface area contributed by atoms with Crippen LogP contribution >= 0.6 is 0 Å². The van der Waals surface area contributed by atoms with E-state index in [9.17, 15) is 14.4 Å². The summed E-state index contributed by atoms with van der Waals surface area (Å²) in [6, 6.07) is 13.1. The monoisotopic (exact) mass is 682 g/mol. The molecule has 0 radical (unpaired) electrons. The topological polar surface area (TPSA) is 143 Å². The van der Waals surface area contributed by atoms with E-state index < -0.39 is 17.7 Å². The van der Waals surface area contributed by atoms with Crippen LogP contribution in [0.1, 0.15) is 40.0 Å². The molecule has 4 aromatic rings. The summed E-state index contributed by atoms with van der Waals surface area (Å²) in [5, 5.41) is 10.2. The van der Waals surface area contributed by atoms with E-state index in [1.165, 1.54) is 11.0 Å². The van der Waals surface area contributed by atoms with Crippen LogP contribution in [0.4, 0.5) is 27.8 Å². The van der Waals surface area contributed by atoms with Crippen molar-refractivity contribution in [2.45, 2.75) is 51.7 Å². The maximum atomic E-state index is 13.0. The molecule has 2 aromatic heterocycles. The number of hydrogen-bond donors (Lipinski definition) is 3. The number of aryl methyl sites for hydroxylation is 1. The van der Waals surface area contributed by atoms with E-state index in [2.05, 4.69) is 44.2 Å². The highest BCUT2D eigenvalue weighted by atomic mass is 16.6. The molecule has 3 N–H and O–H groups in total. The molecule has 264 valence electrons. The van der Waals surface area contributed by atoms with Crippen LogP contribution in [-0.2, 0) is 21.4 Å². The Bertz CT molecular complexity index is 1880. The highest BCUT2D eigenvalue weighted by Gasteiger charge is 2.36. The van der Waals surface area contributed by atoms with E-state index in [1.54, 1.807) is 40.1 Å². The van der Waals surface area contributed by atoms with Gasteiger partial charge in [-0.15, -0.1) is 0 Å². The zero-order valence-corrected chi connectivity index (χ0v) is 29.6. The third-order valence-corrected chi connectivity index (χ3v) is 8.40. The van der Waals surface area contributed by atoms with Crippen LogP contribution in [0.3, 0.4) is 0 Å². The Hall–Kier alpha value is -5.59. The second kappa shape index (κ2) is 15.3. The number of rotatable bonds is 12. The van der Waals surface area contributed by atoms with E-state index in [0.717, 1.165) is 28.6 Å². The summed E-state index contributed by atoms with van der Waals surface area (Å²) in [4.78, 5) is 50.9. The van der Waals surface area contributed by atoms with Crippen LogP contribution in [0, 0.1) is 0 Å². The number of benzene rings is 2. The number of fused-ring (bicyclic) bond motifs is 1. The van der Waals surface area contributed by atoms with Crippen molar-refractivity contribution in [2.75, 3.05) is 49.3 Å². The fourth-order valence-corrected chi connectivity index (χ4v) is 6.01. The van der Waals surface area contributed by atoms with Crippen LogP contribution in [0.25, 0.3) is 22.2 Å². The molecule has 3 heterocycles. The highest BCUT2D eigenvalue weighted by molar-refractivity contribution is 6.02. The quantitative estimate of drug-likeness (QED) is 0.124. The average Bonchev–Trinajstić information content (AvgIpc) is 3.71. The molecule has 0 unspecified atom stereocenters. The zero-order chi connectivity index (χ0) is 36.0. The van der Waals surface area contributed by atoms with Gasteiger partial charge in [0.25, 0.3) is 0 Å². The van der Waals surface area contributed by atoms with Gasteiger partial charge in [0.15, 0.2) is 0 Å². The van der Waals surface area contributed by atoms with Gasteiger partial charge in [-0.2, -0.15) is 0 Å². The Morgan fingerprint density at radius 3 is 2.66 bits per heavy atom. The van der Waals surface area contributed by atoms with E-state index in [0.29, 0.717) is 61.2 Å². The molecule has 1 atom stereocenters. The summed E-state index contributed by atoms with van der Waals surface area (Å²) in [5.74, 6) is 0.306. The fourth-order valence-electron chi connectivity index (χ4n) is 6.01. The van der Waals surface area contributed by atoms with Crippen molar-refractivity contribution in [1.82, 2.24) is 24.8 Å². The number of carbonyl (C=O) groups is 3. The predicted molar refractivity (Wildman–Crippen MR) is 196 cm³/mol. The van der Waals surface area contributed by atoms with Crippen LogP contribution in [0.2, 0.25) is 0 Å². The summed E-state index contributed by atoms with van der Waals surface area (Å²) in [7, 11) is 5.46. The first-order chi connectivity index (χ1) is 23.9. The molecule has 2 aromatic carbocycles. The summed E-state index contributed by atoms with van der Waals surface area (Å²) in [6.07, 6.45) is 6.42. The van der Waals surface area contributed by atoms with E-state index in [-0.39, 0.29) is 11.8 Å². The molecular formula is C37H46N8O5. The third kappa shape index (κ3) is 8.33. The number of aromatic nitrogens is 3. The summed E-state index contributed by atoms with van der Waals surface area (Å²) in [5.41, 5.74) is 3.98. The van der Waals surface area contributed by atoms with Crippen LogP contribution in [-0.4, -0.2) is 82.8 Å². The second-order valence-corrected chi connectivity index (χ2v) is 13.2. The number of nitrogens with zero attached hydrogens (tertiary/aromatic N) is 5. The van der Waals surface area contributed by atoms with Gasteiger partial charge in [-0.05, 0) is 64.3 Å². The lowest BCUT2D eigenvalue weighted by atomic mass is 10.1. The molecule has 50 heavy (non-hydrogen) atoms. The number of amides is 3. The largest absolute Gasteiger partial charge is 0.494 e. The van der Waals surface area contributed by atoms with Crippen molar-refractivity contribution < 1.29 is 23.9 Å². The van der Waals surface area contributed by atoms with Gasteiger partial charge in [0.05, 0.1) is 29.9 Å². The molecule has 0 aliphatic carbocycles. The third-order valence-electron chi connectivity index (χ3n) is 8.40. The normalized spacial score (nSPS) is 14.3. The smallest absolute Gasteiger partial charge is 0.410 e. The number of nitrogens with one attached hydrogen (secondary N) is 3. The number of likely N-dealkylation sites (tertiary alicyclic amines) is 1. The van der Waals surface area contributed by atoms with Crippen LogP contribution < -0.4 is 25.6 Å². The van der Waals surface area contributed by atoms with Gasteiger partial charge in [-0.25, -0.2) is 14.8 Å². The molecule has 5 rings (SSSR count). The first kappa shape index (κ1) is 35.7. The SMILES string of the molecule is C=CC(=O)Nc1cc(Nc2nccc(-c3cn(C)c4ccccc34)n2)c(OC)cc1N(C)CCCNC(=O)[C@@H]1CCCN1C(=O)OC(C)(C)C. The van der Waals surface area contributed by atoms with E-state index in [1.807, 2.05) is 49.5 Å². The summed E-state index contributed by atoms with van der Waals surface area (Å²) < 4.78 is 13.3. The van der Waals surface area contributed by atoms with Crippen molar-refractivity contribution in [3.05, 3.63) is 67.5 Å². The molecule has 13 nitrogen and oxygen atoms in total. The minimum Gasteiger partial charge on any atom is -0.494 e. The standard InChI is InChI=1S/C37H46N8O5/c1-8-33(46)40-27-21-28(42-35-39-18-16-26(41-35)25-23-44(6)29-14-10-9-13-24(25)29)32(49-7)22-31(27)43(5)19-12-17-38-34(47)30-15-11-20-45(30)36(48)50-37(2,3)4/h8-10,13-14,16,18,21-23,30H,1,11-12,15,17,19-20H2,2-7H3,(H,38,47)(H,40,46)(H,39,41,42)/t30-/m0/s1. The lowest BCUT2D eigenvalue weighted by Crippen LogP contribution is -2.47. The molecule has 1 fully saturated rings. The van der Waals surface area contributed by atoms with Gasteiger partial charge in [0, 0.05) is 68.7 Å². The number of methoxy groups -OCH3 is 1. The van der Waals surface area contributed by atoms with Crippen LogP contribution in [0.5, 0.6) is 5.75 Å². The minimum atomic E-state index is -0.636. The average molecular weight is 683 g/mol. The Morgan fingerprint density at radius 1 is 1.14 bits per heavy atom. The maximum Gasteiger partial charge on any atom is 0.410 e. The van der Waals surface area contributed by atoms with Gasteiger partial charge in [-0.3, -0.25) is 14.5 Å². The Kier molecular flexibility index (Phi) is 10.9. The van der Waals surface area contributed by atoms with Gasteiger partial charge in [0.1, 0.15) is 17.4 Å². The molecule has 0 bridgehead atoms. The number of para-hydroxylation sites is 1. The molecule has 1 aliphatic rings. The van der Waals surface area contributed by atoms with Gasteiger partial charge in [-0.1, -0.05) is 24.8 Å². The Labute approximate surface area is 292 Å². The maximum absolute atomic E-state index is 13.0.